The number of pyridine rings is 1. The van der Waals surface area contributed by atoms with Crippen molar-refractivity contribution in [3.05, 3.63) is 23.0 Å². The van der Waals surface area contributed by atoms with Gasteiger partial charge in [-0.2, -0.15) is 0 Å². The van der Waals surface area contributed by atoms with E-state index in [1.807, 2.05) is 6.07 Å². The van der Waals surface area contributed by atoms with Crippen LogP contribution in [0.15, 0.2) is 12.3 Å². The zero-order valence-electron chi connectivity index (χ0n) is 8.79. The summed E-state index contributed by atoms with van der Waals surface area (Å²) >= 11 is 5.92. The molecule has 0 radical (unpaired) electrons. The molecule has 0 spiro atoms. The van der Waals surface area contributed by atoms with E-state index in [4.69, 9.17) is 16.3 Å². The van der Waals surface area contributed by atoms with E-state index in [0.717, 1.165) is 24.3 Å². The molecule has 1 aromatic heterocycles. The molecule has 0 bridgehead atoms. The minimum Gasteiger partial charge on any atom is -0.490 e. The second-order valence-corrected chi connectivity index (χ2v) is 4.08. The Labute approximate surface area is 94.8 Å². The van der Waals surface area contributed by atoms with Gasteiger partial charge in [0.05, 0.1) is 6.20 Å². The van der Waals surface area contributed by atoms with Crippen molar-refractivity contribution in [2.24, 2.45) is 0 Å². The SMILES string of the molecule is CCc1cc(OCC2CCN2)cnc1Cl. The lowest BCUT2D eigenvalue weighted by atomic mass is 10.1. The number of aryl methyl sites for hydroxylation is 1. The number of nitrogens with zero attached hydrogens (tertiary/aromatic N) is 1. The average Bonchev–Trinajstić information content (AvgIpc) is 2.18. The van der Waals surface area contributed by atoms with Crippen molar-refractivity contribution in [3.63, 3.8) is 0 Å². The predicted octanol–water partition coefficient (Wildman–Crippen LogP) is 2.04. The Balaban J connectivity index is 1.95. The summed E-state index contributed by atoms with van der Waals surface area (Å²) in [5, 5.41) is 3.86. The van der Waals surface area contributed by atoms with E-state index in [1.165, 1.54) is 6.42 Å². The first-order valence-corrected chi connectivity index (χ1v) is 5.68. The molecule has 4 heteroatoms. The molecule has 1 atom stereocenters. The number of rotatable bonds is 4. The maximum Gasteiger partial charge on any atom is 0.138 e. The molecule has 1 aliphatic heterocycles. The van der Waals surface area contributed by atoms with Crippen molar-refractivity contribution >= 4 is 11.6 Å². The third-order valence-electron chi connectivity index (χ3n) is 2.64. The molecular formula is C11H15ClN2O. The summed E-state index contributed by atoms with van der Waals surface area (Å²) in [5.74, 6) is 0.810. The number of nitrogens with one attached hydrogen (secondary N) is 1. The van der Waals surface area contributed by atoms with Gasteiger partial charge in [-0.15, -0.1) is 0 Å². The quantitative estimate of drug-likeness (QED) is 0.798. The molecular weight excluding hydrogens is 212 g/mol. The lowest BCUT2D eigenvalue weighted by molar-refractivity contribution is 0.217. The molecule has 82 valence electrons. The number of hydrogen-bond donors (Lipinski definition) is 1. The zero-order valence-corrected chi connectivity index (χ0v) is 9.55. The molecule has 0 aromatic carbocycles. The third kappa shape index (κ3) is 2.61. The highest BCUT2D eigenvalue weighted by molar-refractivity contribution is 6.30. The molecule has 1 unspecified atom stereocenters. The van der Waals surface area contributed by atoms with Crippen molar-refractivity contribution in [1.82, 2.24) is 10.3 Å². The van der Waals surface area contributed by atoms with Crippen LogP contribution in [0, 0.1) is 0 Å². The largest absolute Gasteiger partial charge is 0.490 e. The lowest BCUT2D eigenvalue weighted by Crippen LogP contribution is -2.46. The molecule has 3 nitrogen and oxygen atoms in total. The van der Waals surface area contributed by atoms with Crippen LogP contribution in [0.1, 0.15) is 18.9 Å². The summed E-state index contributed by atoms with van der Waals surface area (Å²) < 4.78 is 5.62. The highest BCUT2D eigenvalue weighted by Crippen LogP contribution is 2.20. The molecule has 0 amide bonds. The summed E-state index contributed by atoms with van der Waals surface area (Å²) in [5.41, 5.74) is 1.04. The van der Waals surface area contributed by atoms with E-state index in [-0.39, 0.29) is 0 Å². The van der Waals surface area contributed by atoms with Gasteiger partial charge in [0.15, 0.2) is 0 Å². The maximum absolute atomic E-state index is 5.92. The number of ether oxygens (including phenoxy) is 1. The molecule has 15 heavy (non-hydrogen) atoms. The fourth-order valence-corrected chi connectivity index (χ4v) is 1.72. The molecule has 1 aromatic rings. The number of halogens is 1. The van der Waals surface area contributed by atoms with Crippen LogP contribution < -0.4 is 10.1 Å². The average molecular weight is 227 g/mol. The smallest absolute Gasteiger partial charge is 0.138 e. The van der Waals surface area contributed by atoms with Gasteiger partial charge in [0, 0.05) is 6.04 Å². The number of hydrogen-bond acceptors (Lipinski definition) is 3. The summed E-state index contributed by atoms with van der Waals surface area (Å²) in [6.07, 6.45) is 3.76. The standard InChI is InChI=1S/C11H15ClN2O/c1-2-8-5-10(6-14-11(8)12)15-7-9-3-4-13-9/h5-6,9,13H,2-4,7H2,1H3. The lowest BCUT2D eigenvalue weighted by Gasteiger charge is -2.27. The van der Waals surface area contributed by atoms with Crippen LogP contribution in [0.5, 0.6) is 5.75 Å². The van der Waals surface area contributed by atoms with Gasteiger partial charge in [0.2, 0.25) is 0 Å². The van der Waals surface area contributed by atoms with Crippen molar-refractivity contribution in [2.45, 2.75) is 25.8 Å². The number of aromatic nitrogens is 1. The van der Waals surface area contributed by atoms with Crippen LogP contribution in [0.3, 0.4) is 0 Å². The molecule has 1 fully saturated rings. The Morgan fingerprint density at radius 2 is 2.47 bits per heavy atom. The maximum atomic E-state index is 5.92. The van der Waals surface area contributed by atoms with Crippen molar-refractivity contribution in [2.75, 3.05) is 13.2 Å². The van der Waals surface area contributed by atoms with Crippen LogP contribution >= 0.6 is 11.6 Å². The van der Waals surface area contributed by atoms with E-state index in [9.17, 15) is 0 Å². The molecule has 1 N–H and O–H groups in total. The van der Waals surface area contributed by atoms with Gasteiger partial charge < -0.3 is 10.1 Å². The molecule has 0 aliphatic carbocycles. The summed E-state index contributed by atoms with van der Waals surface area (Å²) in [6, 6.07) is 2.47. The van der Waals surface area contributed by atoms with E-state index in [0.29, 0.717) is 17.8 Å². The Bertz CT molecular complexity index is 339. The van der Waals surface area contributed by atoms with Crippen molar-refractivity contribution < 1.29 is 4.74 Å². The van der Waals surface area contributed by atoms with E-state index < -0.39 is 0 Å². The Hall–Kier alpha value is -0.800. The Morgan fingerprint density at radius 3 is 3.07 bits per heavy atom. The van der Waals surface area contributed by atoms with E-state index in [1.54, 1.807) is 6.20 Å². The Kier molecular flexibility index (Phi) is 3.44. The Morgan fingerprint density at radius 1 is 1.67 bits per heavy atom. The third-order valence-corrected chi connectivity index (χ3v) is 2.98. The molecule has 1 aliphatic rings. The van der Waals surface area contributed by atoms with Crippen LogP contribution in [-0.2, 0) is 6.42 Å². The first-order valence-electron chi connectivity index (χ1n) is 5.30. The van der Waals surface area contributed by atoms with Gasteiger partial charge in [0.1, 0.15) is 17.5 Å². The summed E-state index contributed by atoms with van der Waals surface area (Å²) in [6.45, 7) is 3.87. The highest BCUT2D eigenvalue weighted by atomic mass is 35.5. The fraction of sp³-hybridized carbons (Fsp3) is 0.545. The van der Waals surface area contributed by atoms with Crippen LogP contribution in [0.4, 0.5) is 0 Å². The first kappa shape index (κ1) is 10.7. The van der Waals surface area contributed by atoms with Crippen molar-refractivity contribution in [1.29, 1.82) is 0 Å². The zero-order chi connectivity index (χ0) is 10.7. The minimum absolute atomic E-state index is 0.505. The van der Waals surface area contributed by atoms with Crippen LogP contribution in [0.25, 0.3) is 0 Å². The van der Waals surface area contributed by atoms with Gasteiger partial charge in [0.25, 0.3) is 0 Å². The van der Waals surface area contributed by atoms with Gasteiger partial charge >= 0.3 is 0 Å². The topological polar surface area (TPSA) is 34.1 Å². The van der Waals surface area contributed by atoms with Gasteiger partial charge in [-0.05, 0) is 31.0 Å². The first-order chi connectivity index (χ1) is 7.29. The predicted molar refractivity (Wildman–Crippen MR) is 60.5 cm³/mol. The van der Waals surface area contributed by atoms with Crippen molar-refractivity contribution in [3.8, 4) is 5.75 Å². The van der Waals surface area contributed by atoms with E-state index in [2.05, 4.69) is 17.2 Å². The second-order valence-electron chi connectivity index (χ2n) is 3.73. The molecule has 2 rings (SSSR count). The van der Waals surface area contributed by atoms with Gasteiger partial charge in [-0.25, -0.2) is 4.98 Å². The molecule has 2 heterocycles. The monoisotopic (exact) mass is 226 g/mol. The van der Waals surface area contributed by atoms with Gasteiger partial charge in [-0.1, -0.05) is 18.5 Å². The minimum atomic E-state index is 0.505. The summed E-state index contributed by atoms with van der Waals surface area (Å²) in [7, 11) is 0. The highest BCUT2D eigenvalue weighted by Gasteiger charge is 2.16. The second kappa shape index (κ2) is 4.81. The van der Waals surface area contributed by atoms with Crippen LogP contribution in [-0.4, -0.2) is 24.2 Å². The van der Waals surface area contributed by atoms with E-state index >= 15 is 0 Å². The fourth-order valence-electron chi connectivity index (χ4n) is 1.49. The molecule has 0 saturated carbocycles. The summed E-state index contributed by atoms with van der Waals surface area (Å²) in [4.78, 5) is 4.09. The van der Waals surface area contributed by atoms with Gasteiger partial charge in [-0.3, -0.25) is 0 Å². The molecule has 1 saturated heterocycles. The normalized spacial score (nSPS) is 19.7. The van der Waals surface area contributed by atoms with Crippen LogP contribution in [0.2, 0.25) is 5.15 Å².